The first kappa shape index (κ1) is 16.8. The quantitative estimate of drug-likeness (QED) is 0.749. The lowest BCUT2D eigenvalue weighted by Crippen LogP contribution is -2.44. The van der Waals surface area contributed by atoms with Crippen LogP contribution in [0.1, 0.15) is 23.3 Å². The third-order valence-electron chi connectivity index (χ3n) is 4.23. The van der Waals surface area contributed by atoms with Crippen molar-refractivity contribution >= 4 is 23.5 Å². The summed E-state index contributed by atoms with van der Waals surface area (Å²) < 4.78 is 10.8. The highest BCUT2D eigenvalue weighted by Gasteiger charge is 2.26. The summed E-state index contributed by atoms with van der Waals surface area (Å²) in [5.74, 6) is 1.16. The summed E-state index contributed by atoms with van der Waals surface area (Å²) in [4.78, 5) is 11.2. The summed E-state index contributed by atoms with van der Waals surface area (Å²) in [5.41, 5.74) is 2.89. The second kappa shape index (κ2) is 6.46. The largest absolute Gasteiger partial charge is 0.336 e. The molecule has 3 aromatic rings. The average Bonchev–Trinajstić information content (AvgIpc) is 3.15. The predicted octanol–water partition coefficient (Wildman–Crippen LogP) is 1.89. The van der Waals surface area contributed by atoms with Crippen LogP contribution in [0, 0.1) is 13.8 Å². The van der Waals surface area contributed by atoms with Crippen molar-refractivity contribution in [3.8, 4) is 11.5 Å². The summed E-state index contributed by atoms with van der Waals surface area (Å²) in [7, 11) is 2.07. The maximum absolute atomic E-state index is 5.53. The lowest BCUT2D eigenvalue weighted by Gasteiger charge is -2.30. The number of nitrogens with zero attached hydrogens (tertiary/aromatic N) is 5. The zero-order chi connectivity index (χ0) is 16.0. The number of aryl methyl sites for hydroxylation is 2. The Bertz CT molecular complexity index is 861. The Morgan fingerprint density at radius 2 is 2.04 bits per heavy atom. The van der Waals surface area contributed by atoms with Crippen molar-refractivity contribution in [3.63, 3.8) is 0 Å². The smallest absolute Gasteiger partial charge is 0.258 e. The standard InChI is InChI=1S/C15H18N6O2.ClH/c1-8-6-10(12-9(2)19-23-15(12)17-8)14-18-13(20-22-14)11-7-16-4-5-21(11)3;/h6,11,16H,4-5,7H2,1-3H3;1H. The average molecular weight is 351 g/mol. The number of nitrogens with one attached hydrogen (secondary N) is 1. The summed E-state index contributed by atoms with van der Waals surface area (Å²) in [5, 5.41) is 12.3. The van der Waals surface area contributed by atoms with Crippen LogP contribution in [0.5, 0.6) is 0 Å². The van der Waals surface area contributed by atoms with Gasteiger partial charge in [0.1, 0.15) is 0 Å². The molecule has 1 aliphatic rings. The number of pyridine rings is 1. The summed E-state index contributed by atoms with van der Waals surface area (Å²) in [6.07, 6.45) is 0. The van der Waals surface area contributed by atoms with Gasteiger partial charge in [0.05, 0.1) is 22.7 Å². The predicted molar refractivity (Wildman–Crippen MR) is 90.1 cm³/mol. The molecule has 128 valence electrons. The molecule has 0 bridgehead atoms. The number of hydrogen-bond donors (Lipinski definition) is 1. The number of aromatic nitrogens is 4. The number of piperazine rings is 1. The molecule has 1 saturated heterocycles. The third-order valence-corrected chi connectivity index (χ3v) is 4.23. The molecule has 24 heavy (non-hydrogen) atoms. The van der Waals surface area contributed by atoms with Crippen molar-refractivity contribution in [1.29, 1.82) is 0 Å². The summed E-state index contributed by atoms with van der Waals surface area (Å²) in [6.45, 7) is 6.52. The number of fused-ring (bicyclic) bond motifs is 1. The maximum Gasteiger partial charge on any atom is 0.258 e. The molecule has 0 amide bonds. The van der Waals surface area contributed by atoms with Crippen LogP contribution in [0.4, 0.5) is 0 Å². The van der Waals surface area contributed by atoms with Crippen molar-refractivity contribution in [2.45, 2.75) is 19.9 Å². The zero-order valence-corrected chi connectivity index (χ0v) is 14.6. The van der Waals surface area contributed by atoms with Gasteiger partial charge in [-0.05, 0) is 27.0 Å². The molecule has 8 nitrogen and oxygen atoms in total. The van der Waals surface area contributed by atoms with E-state index in [1.54, 1.807) is 0 Å². The highest BCUT2D eigenvalue weighted by Crippen LogP contribution is 2.31. The van der Waals surface area contributed by atoms with Gasteiger partial charge >= 0.3 is 0 Å². The van der Waals surface area contributed by atoms with Crippen LogP contribution in [0.25, 0.3) is 22.6 Å². The second-order valence-electron chi connectivity index (χ2n) is 5.92. The maximum atomic E-state index is 5.53. The normalized spacial score (nSPS) is 18.7. The molecule has 0 aromatic carbocycles. The van der Waals surface area contributed by atoms with E-state index >= 15 is 0 Å². The molecular weight excluding hydrogens is 332 g/mol. The third kappa shape index (κ3) is 2.77. The molecule has 9 heteroatoms. The molecular formula is C15H19ClN6O2. The molecule has 1 unspecified atom stereocenters. The van der Waals surface area contributed by atoms with Crippen LogP contribution in [-0.4, -0.2) is 51.9 Å². The molecule has 0 saturated carbocycles. The topological polar surface area (TPSA) is 93.1 Å². The molecule has 3 aromatic heterocycles. The van der Waals surface area contributed by atoms with Crippen molar-refractivity contribution in [2.24, 2.45) is 0 Å². The molecule has 1 aliphatic heterocycles. The van der Waals surface area contributed by atoms with Gasteiger partial charge in [-0.3, -0.25) is 4.90 Å². The fraction of sp³-hybridized carbons (Fsp3) is 0.467. The number of likely N-dealkylation sites (N-methyl/N-ethyl adjacent to an activating group) is 1. The minimum Gasteiger partial charge on any atom is -0.336 e. The van der Waals surface area contributed by atoms with E-state index in [0.29, 0.717) is 17.4 Å². The van der Waals surface area contributed by atoms with Crippen LogP contribution >= 0.6 is 12.4 Å². The van der Waals surface area contributed by atoms with Gasteiger partial charge < -0.3 is 14.4 Å². The highest BCUT2D eigenvalue weighted by molar-refractivity contribution is 5.91. The van der Waals surface area contributed by atoms with Gasteiger partial charge in [-0.15, -0.1) is 12.4 Å². The van der Waals surface area contributed by atoms with Gasteiger partial charge in [0.2, 0.25) is 0 Å². The van der Waals surface area contributed by atoms with Crippen LogP contribution in [0.2, 0.25) is 0 Å². The van der Waals surface area contributed by atoms with Gasteiger partial charge in [-0.25, -0.2) is 4.98 Å². The van der Waals surface area contributed by atoms with Gasteiger partial charge in [0.25, 0.3) is 11.6 Å². The van der Waals surface area contributed by atoms with Crippen molar-refractivity contribution in [1.82, 2.24) is 30.5 Å². The van der Waals surface area contributed by atoms with E-state index < -0.39 is 0 Å². The van der Waals surface area contributed by atoms with Crippen LogP contribution in [-0.2, 0) is 0 Å². The minimum atomic E-state index is 0. The van der Waals surface area contributed by atoms with Gasteiger partial charge in [0.15, 0.2) is 5.82 Å². The Labute approximate surface area is 145 Å². The minimum absolute atomic E-state index is 0. The first-order valence-electron chi connectivity index (χ1n) is 7.62. The van der Waals surface area contributed by atoms with Crippen molar-refractivity contribution < 1.29 is 9.05 Å². The fourth-order valence-electron chi connectivity index (χ4n) is 2.96. The van der Waals surface area contributed by atoms with E-state index in [9.17, 15) is 0 Å². The molecule has 4 rings (SSSR count). The van der Waals surface area contributed by atoms with E-state index in [1.165, 1.54) is 0 Å². The Morgan fingerprint density at radius 3 is 2.83 bits per heavy atom. The lowest BCUT2D eigenvalue weighted by atomic mass is 10.1. The molecule has 4 heterocycles. The summed E-state index contributed by atoms with van der Waals surface area (Å²) in [6, 6.07) is 2.04. The molecule has 0 aliphatic carbocycles. The van der Waals surface area contributed by atoms with Crippen molar-refractivity contribution in [3.05, 3.63) is 23.3 Å². The molecule has 0 radical (unpaired) electrons. The van der Waals surface area contributed by atoms with E-state index in [1.807, 2.05) is 19.9 Å². The number of halogens is 1. The van der Waals surface area contributed by atoms with Gasteiger partial charge in [0, 0.05) is 25.3 Å². The monoisotopic (exact) mass is 350 g/mol. The van der Waals surface area contributed by atoms with E-state index in [4.69, 9.17) is 9.05 Å². The molecule has 1 atom stereocenters. The van der Waals surface area contributed by atoms with E-state index in [2.05, 4.69) is 37.5 Å². The first-order chi connectivity index (χ1) is 11.1. The first-order valence-corrected chi connectivity index (χ1v) is 7.62. The SMILES string of the molecule is Cc1cc(-c2nc(C3CNCCN3C)no2)c2c(C)noc2n1.Cl. The van der Waals surface area contributed by atoms with Crippen LogP contribution in [0.3, 0.4) is 0 Å². The Hall–Kier alpha value is -2.03. The second-order valence-corrected chi connectivity index (χ2v) is 5.92. The van der Waals surface area contributed by atoms with E-state index in [0.717, 1.165) is 42.0 Å². The number of rotatable bonds is 2. The molecule has 0 spiro atoms. The van der Waals surface area contributed by atoms with Gasteiger partial charge in [-0.2, -0.15) is 4.98 Å². The lowest BCUT2D eigenvalue weighted by molar-refractivity contribution is 0.190. The van der Waals surface area contributed by atoms with Gasteiger partial charge in [-0.1, -0.05) is 10.3 Å². The van der Waals surface area contributed by atoms with Crippen LogP contribution < -0.4 is 5.32 Å². The zero-order valence-electron chi connectivity index (χ0n) is 13.7. The van der Waals surface area contributed by atoms with E-state index in [-0.39, 0.29) is 18.4 Å². The molecule has 1 fully saturated rings. The van der Waals surface area contributed by atoms with Crippen molar-refractivity contribution in [2.75, 3.05) is 26.7 Å². The fourth-order valence-corrected chi connectivity index (χ4v) is 2.96. The highest BCUT2D eigenvalue weighted by atomic mass is 35.5. The number of hydrogen-bond acceptors (Lipinski definition) is 8. The molecule has 1 N–H and O–H groups in total. The summed E-state index contributed by atoms with van der Waals surface area (Å²) >= 11 is 0. The Morgan fingerprint density at radius 1 is 1.21 bits per heavy atom. The Kier molecular flexibility index (Phi) is 4.53. The Balaban J connectivity index is 0.00000169. The van der Waals surface area contributed by atoms with Crippen LogP contribution in [0.15, 0.2) is 15.1 Å².